The predicted molar refractivity (Wildman–Crippen MR) is 132 cm³/mol. The zero-order valence-corrected chi connectivity index (χ0v) is 19.4. The van der Waals surface area contributed by atoms with E-state index >= 15 is 0 Å². The third-order valence-electron chi connectivity index (χ3n) is 6.39. The van der Waals surface area contributed by atoms with Gasteiger partial charge < -0.3 is 25.5 Å². The topological polar surface area (TPSA) is 119 Å². The fraction of sp³-hybridized carbons (Fsp3) is 0.458. The molecule has 10 nitrogen and oxygen atoms in total. The van der Waals surface area contributed by atoms with Crippen LogP contribution in [0.5, 0.6) is 0 Å². The lowest BCUT2D eigenvalue weighted by Crippen LogP contribution is -2.48. The Morgan fingerprint density at radius 3 is 2.71 bits per heavy atom. The molecule has 34 heavy (non-hydrogen) atoms. The summed E-state index contributed by atoms with van der Waals surface area (Å²) in [6.45, 7) is 5.64. The Kier molecular flexibility index (Phi) is 6.50. The number of rotatable bonds is 6. The molecule has 1 atom stereocenters. The van der Waals surface area contributed by atoms with Gasteiger partial charge in [0, 0.05) is 49.4 Å². The van der Waals surface area contributed by atoms with Gasteiger partial charge in [0.2, 0.25) is 11.9 Å². The van der Waals surface area contributed by atoms with Gasteiger partial charge in [-0.05, 0) is 37.5 Å². The lowest BCUT2D eigenvalue weighted by molar-refractivity contribution is -0.118. The number of aliphatic hydroxyl groups excluding tert-OH is 1. The molecule has 178 valence electrons. The van der Waals surface area contributed by atoms with E-state index < -0.39 is 0 Å². The van der Waals surface area contributed by atoms with E-state index in [4.69, 9.17) is 9.97 Å². The van der Waals surface area contributed by atoms with E-state index in [1.165, 1.54) is 6.42 Å². The van der Waals surface area contributed by atoms with Crippen molar-refractivity contribution < 1.29 is 9.90 Å². The highest BCUT2D eigenvalue weighted by Crippen LogP contribution is 2.30. The second-order valence-corrected chi connectivity index (χ2v) is 8.88. The average Bonchev–Trinajstić information content (AvgIpc) is 2.89. The van der Waals surface area contributed by atoms with Gasteiger partial charge in [-0.15, -0.1) is 0 Å². The third-order valence-corrected chi connectivity index (χ3v) is 6.39. The highest BCUT2D eigenvalue weighted by Gasteiger charge is 2.21. The molecule has 2 saturated heterocycles. The number of aromatic nitrogens is 4. The SMILES string of the molecule is CC(CO)c1cc2cnc(Nc3ccc(N4CCNCC4=O)cn3)nc2c(N2CCCCC2)n1. The van der Waals surface area contributed by atoms with Gasteiger partial charge in [-0.2, -0.15) is 0 Å². The van der Waals surface area contributed by atoms with Gasteiger partial charge in [0.25, 0.3) is 0 Å². The van der Waals surface area contributed by atoms with Crippen molar-refractivity contribution in [3.05, 3.63) is 36.3 Å². The quantitative estimate of drug-likeness (QED) is 0.506. The summed E-state index contributed by atoms with van der Waals surface area (Å²) in [4.78, 5) is 34.8. The number of anilines is 4. The minimum absolute atomic E-state index is 0.0410. The van der Waals surface area contributed by atoms with Crippen LogP contribution in [-0.2, 0) is 4.79 Å². The van der Waals surface area contributed by atoms with Gasteiger partial charge >= 0.3 is 0 Å². The van der Waals surface area contributed by atoms with Crippen molar-refractivity contribution in [1.82, 2.24) is 25.3 Å². The van der Waals surface area contributed by atoms with Gasteiger partial charge in [-0.3, -0.25) is 4.79 Å². The largest absolute Gasteiger partial charge is 0.396 e. The Morgan fingerprint density at radius 2 is 1.97 bits per heavy atom. The molecule has 5 rings (SSSR count). The molecule has 10 heteroatoms. The lowest BCUT2D eigenvalue weighted by Gasteiger charge is -2.29. The van der Waals surface area contributed by atoms with Gasteiger partial charge in [0.15, 0.2) is 5.82 Å². The number of hydrogen-bond donors (Lipinski definition) is 3. The maximum Gasteiger partial charge on any atom is 0.241 e. The lowest BCUT2D eigenvalue weighted by atomic mass is 10.1. The second-order valence-electron chi connectivity index (χ2n) is 8.88. The summed E-state index contributed by atoms with van der Waals surface area (Å²) in [7, 11) is 0. The van der Waals surface area contributed by atoms with Crippen LogP contribution in [0.4, 0.5) is 23.3 Å². The first-order chi connectivity index (χ1) is 16.6. The molecule has 3 aromatic rings. The summed E-state index contributed by atoms with van der Waals surface area (Å²) in [5, 5.41) is 16.8. The molecular weight excluding hydrogens is 432 g/mol. The van der Waals surface area contributed by atoms with Gasteiger partial charge in [0.05, 0.1) is 25.0 Å². The summed E-state index contributed by atoms with van der Waals surface area (Å²) in [5.41, 5.74) is 2.41. The Labute approximate surface area is 198 Å². The Hall–Kier alpha value is -3.37. The molecule has 2 fully saturated rings. The first kappa shape index (κ1) is 22.4. The Balaban J connectivity index is 1.43. The number of piperidine rings is 1. The number of amides is 1. The molecule has 0 spiro atoms. The standard InChI is InChI=1S/C24H30N8O2/c1-16(15-33)19-11-17-12-27-24(30-22(17)23(28-19)31-8-3-2-4-9-31)29-20-6-5-18(13-26-20)32-10-7-25-14-21(32)34/h5-6,11-13,16,25,33H,2-4,7-10,14-15H2,1H3,(H,26,27,29,30). The molecular formula is C24H30N8O2. The molecule has 0 saturated carbocycles. The number of hydrogen-bond acceptors (Lipinski definition) is 9. The van der Waals surface area contributed by atoms with E-state index in [1.807, 2.05) is 25.1 Å². The van der Waals surface area contributed by atoms with Crippen LogP contribution >= 0.6 is 0 Å². The number of fused-ring (bicyclic) bond motifs is 1. The van der Waals surface area contributed by atoms with Crippen molar-refractivity contribution in [1.29, 1.82) is 0 Å². The maximum absolute atomic E-state index is 12.1. The zero-order chi connectivity index (χ0) is 23.5. The van der Waals surface area contributed by atoms with Crippen LogP contribution in [0, 0.1) is 0 Å². The first-order valence-electron chi connectivity index (χ1n) is 11.9. The predicted octanol–water partition coefficient (Wildman–Crippen LogP) is 2.19. The smallest absolute Gasteiger partial charge is 0.241 e. The molecule has 5 heterocycles. The van der Waals surface area contributed by atoms with E-state index in [0.29, 0.717) is 24.9 Å². The fourth-order valence-electron chi connectivity index (χ4n) is 4.39. The highest BCUT2D eigenvalue weighted by molar-refractivity contribution is 5.95. The Bertz CT molecular complexity index is 1160. The van der Waals surface area contributed by atoms with Gasteiger partial charge in [-0.1, -0.05) is 6.92 Å². The summed E-state index contributed by atoms with van der Waals surface area (Å²) >= 11 is 0. The summed E-state index contributed by atoms with van der Waals surface area (Å²) in [5.74, 6) is 1.87. The van der Waals surface area contributed by atoms with Gasteiger partial charge in [0.1, 0.15) is 11.3 Å². The van der Waals surface area contributed by atoms with E-state index in [0.717, 1.165) is 60.6 Å². The molecule has 1 amide bonds. The molecule has 0 radical (unpaired) electrons. The monoisotopic (exact) mass is 462 g/mol. The van der Waals surface area contributed by atoms with Crippen LogP contribution < -0.4 is 20.4 Å². The molecule has 0 aromatic carbocycles. The summed E-state index contributed by atoms with van der Waals surface area (Å²) < 4.78 is 0. The minimum Gasteiger partial charge on any atom is -0.396 e. The van der Waals surface area contributed by atoms with Crippen molar-refractivity contribution in [2.45, 2.75) is 32.1 Å². The van der Waals surface area contributed by atoms with E-state index in [1.54, 1.807) is 17.3 Å². The minimum atomic E-state index is -0.0592. The number of pyridine rings is 2. The number of nitrogens with one attached hydrogen (secondary N) is 2. The molecule has 3 N–H and O–H groups in total. The fourth-order valence-corrected chi connectivity index (χ4v) is 4.39. The summed E-state index contributed by atoms with van der Waals surface area (Å²) in [6.07, 6.45) is 6.97. The van der Waals surface area contributed by atoms with Crippen LogP contribution in [0.2, 0.25) is 0 Å². The summed E-state index contributed by atoms with van der Waals surface area (Å²) in [6, 6.07) is 5.67. The average molecular weight is 463 g/mol. The van der Waals surface area contributed by atoms with Crippen LogP contribution in [0.25, 0.3) is 10.9 Å². The molecule has 1 unspecified atom stereocenters. The van der Waals surface area contributed by atoms with E-state index in [2.05, 4.69) is 25.5 Å². The van der Waals surface area contributed by atoms with Crippen LogP contribution in [0.3, 0.4) is 0 Å². The molecule has 0 aliphatic carbocycles. The number of nitrogens with zero attached hydrogens (tertiary/aromatic N) is 6. The van der Waals surface area contributed by atoms with E-state index in [9.17, 15) is 9.90 Å². The number of aliphatic hydroxyl groups is 1. The highest BCUT2D eigenvalue weighted by atomic mass is 16.3. The zero-order valence-electron chi connectivity index (χ0n) is 19.4. The Morgan fingerprint density at radius 1 is 1.12 bits per heavy atom. The molecule has 0 bridgehead atoms. The number of carbonyl (C=O) groups excluding carboxylic acids is 1. The molecule has 2 aliphatic heterocycles. The number of piperazine rings is 1. The van der Waals surface area contributed by atoms with E-state index in [-0.39, 0.29) is 18.4 Å². The van der Waals surface area contributed by atoms with Crippen LogP contribution in [0.1, 0.15) is 37.8 Å². The van der Waals surface area contributed by atoms with Crippen LogP contribution in [0.15, 0.2) is 30.6 Å². The van der Waals surface area contributed by atoms with Gasteiger partial charge in [-0.25, -0.2) is 19.9 Å². The van der Waals surface area contributed by atoms with Crippen molar-refractivity contribution in [3.63, 3.8) is 0 Å². The van der Waals surface area contributed by atoms with Crippen LogP contribution in [-0.4, -0.2) is 70.3 Å². The normalized spacial score (nSPS) is 17.8. The molecule has 3 aromatic heterocycles. The van der Waals surface area contributed by atoms with Crippen molar-refractivity contribution in [2.75, 3.05) is 54.4 Å². The molecule has 2 aliphatic rings. The van der Waals surface area contributed by atoms with Crippen molar-refractivity contribution >= 4 is 40.1 Å². The number of carbonyl (C=O) groups is 1. The third kappa shape index (κ3) is 4.64. The first-order valence-corrected chi connectivity index (χ1v) is 11.9. The van der Waals surface area contributed by atoms with Crippen molar-refractivity contribution in [2.24, 2.45) is 0 Å². The second kappa shape index (κ2) is 9.86. The maximum atomic E-state index is 12.1. The van der Waals surface area contributed by atoms with Crippen molar-refractivity contribution in [3.8, 4) is 0 Å².